The molecule has 0 fully saturated rings. The second-order valence-electron chi connectivity index (χ2n) is 2.42. The summed E-state index contributed by atoms with van der Waals surface area (Å²) in [4.78, 5) is 0. The van der Waals surface area contributed by atoms with Gasteiger partial charge in [0, 0.05) is 0 Å². The molecule has 0 unspecified atom stereocenters. The van der Waals surface area contributed by atoms with Gasteiger partial charge in [0.15, 0.2) is 0 Å². The maximum Gasteiger partial charge on any atom is 2.00 e. The zero-order valence-electron chi connectivity index (χ0n) is 7.93. The zero-order chi connectivity index (χ0) is 9.19. The van der Waals surface area contributed by atoms with Gasteiger partial charge in [0.05, 0.1) is 0 Å². The van der Waals surface area contributed by atoms with Crippen LogP contribution in [0.3, 0.4) is 0 Å². The Balaban J connectivity index is 0.000000246. The van der Waals surface area contributed by atoms with E-state index in [1.807, 2.05) is 72.9 Å². The van der Waals surface area contributed by atoms with E-state index in [-0.39, 0.29) is 21.7 Å². The largest absolute Gasteiger partial charge is 2.00 e. The molecule has 0 heterocycles. The first-order valence-electron chi connectivity index (χ1n) is 4.24. The zero-order valence-corrected chi connectivity index (χ0v) is 9.49. The molecule has 1 aromatic rings. The van der Waals surface area contributed by atoms with Gasteiger partial charge in [-0.15, -0.1) is 12.2 Å². The Bertz CT molecular complexity index is 227. The summed E-state index contributed by atoms with van der Waals surface area (Å²) in [5.74, 6) is 0. The molecule has 0 aromatic heterocycles. The standard InChI is InChI=1S/C8H7.C5H5.Ti/c1-2-4-6-8-7-5-3-1;1-2-4-5-3-1;/h1-7H;1-5H;/q2*-1;+2. The van der Waals surface area contributed by atoms with Crippen molar-refractivity contribution in [1.82, 2.24) is 0 Å². The summed E-state index contributed by atoms with van der Waals surface area (Å²) in [7, 11) is 0. The Labute approximate surface area is 101 Å². The molecule has 68 valence electrons. The van der Waals surface area contributed by atoms with Crippen LogP contribution in [0.15, 0.2) is 72.9 Å². The molecule has 1 aliphatic carbocycles. The molecule has 0 bridgehead atoms. The van der Waals surface area contributed by atoms with E-state index in [0.717, 1.165) is 0 Å². The quantitative estimate of drug-likeness (QED) is 0.460. The van der Waals surface area contributed by atoms with Crippen LogP contribution in [-0.4, -0.2) is 0 Å². The molecule has 0 aliphatic heterocycles. The van der Waals surface area contributed by atoms with Gasteiger partial charge in [-0.25, -0.2) is 12.1 Å². The van der Waals surface area contributed by atoms with Gasteiger partial charge >= 0.3 is 21.7 Å². The van der Waals surface area contributed by atoms with Crippen molar-refractivity contribution >= 4 is 0 Å². The molecule has 1 aliphatic rings. The monoisotopic (exact) mass is 216 g/mol. The molecule has 1 aromatic carbocycles. The minimum absolute atomic E-state index is 0. The van der Waals surface area contributed by atoms with E-state index in [1.165, 1.54) is 0 Å². The molecular formula is C13H12Ti. The number of allylic oxidation sites excluding steroid dienone is 8. The Morgan fingerprint density at radius 2 is 1.43 bits per heavy atom. The number of hydrogen-bond acceptors (Lipinski definition) is 0. The third-order valence-corrected chi connectivity index (χ3v) is 1.38. The molecule has 0 amide bonds. The molecule has 0 spiro atoms. The minimum atomic E-state index is 0. The fourth-order valence-corrected chi connectivity index (χ4v) is 0.791. The number of rotatable bonds is 0. The summed E-state index contributed by atoms with van der Waals surface area (Å²) < 4.78 is 0. The van der Waals surface area contributed by atoms with Crippen LogP contribution in [0.2, 0.25) is 0 Å². The normalized spacial score (nSPS) is 12.0. The fraction of sp³-hybridized carbons (Fsp3) is 0. The van der Waals surface area contributed by atoms with Crippen molar-refractivity contribution in [1.29, 1.82) is 0 Å². The van der Waals surface area contributed by atoms with Crippen LogP contribution in [0.5, 0.6) is 0 Å². The van der Waals surface area contributed by atoms with E-state index >= 15 is 0 Å². The molecule has 2 rings (SSSR count). The Morgan fingerprint density at radius 3 is 2.07 bits per heavy atom. The van der Waals surface area contributed by atoms with Crippen molar-refractivity contribution in [2.75, 3.05) is 0 Å². The molecule has 0 saturated heterocycles. The van der Waals surface area contributed by atoms with Gasteiger partial charge in [0.25, 0.3) is 0 Å². The molecule has 14 heavy (non-hydrogen) atoms. The topological polar surface area (TPSA) is 0 Å². The van der Waals surface area contributed by atoms with Crippen LogP contribution in [0, 0.1) is 6.08 Å². The molecule has 0 saturated carbocycles. The Morgan fingerprint density at radius 1 is 0.786 bits per heavy atom. The van der Waals surface area contributed by atoms with Crippen molar-refractivity contribution < 1.29 is 21.7 Å². The van der Waals surface area contributed by atoms with Gasteiger partial charge in [-0.1, -0.05) is 6.08 Å². The fourth-order valence-electron chi connectivity index (χ4n) is 0.791. The average molecular weight is 216 g/mol. The van der Waals surface area contributed by atoms with Crippen LogP contribution < -0.4 is 0 Å². The van der Waals surface area contributed by atoms with Crippen molar-refractivity contribution in [3.05, 3.63) is 78.9 Å². The molecular weight excluding hydrogens is 204 g/mol. The predicted octanol–water partition coefficient (Wildman–Crippen LogP) is 3.43. The summed E-state index contributed by atoms with van der Waals surface area (Å²) >= 11 is 0. The van der Waals surface area contributed by atoms with Crippen LogP contribution in [0.25, 0.3) is 0 Å². The third-order valence-electron chi connectivity index (χ3n) is 1.38. The molecule has 0 radical (unpaired) electrons. The first kappa shape index (κ1) is 13.0. The second-order valence-corrected chi connectivity index (χ2v) is 2.42. The molecule has 0 N–H and O–H groups in total. The smallest absolute Gasteiger partial charge is 0.214 e. The van der Waals surface area contributed by atoms with Gasteiger partial charge in [-0.3, -0.25) is 0 Å². The van der Waals surface area contributed by atoms with E-state index in [2.05, 4.69) is 6.08 Å². The first-order chi connectivity index (χ1) is 6.50. The van der Waals surface area contributed by atoms with Crippen LogP contribution in [0.1, 0.15) is 0 Å². The second kappa shape index (κ2) is 10.1. The van der Waals surface area contributed by atoms with E-state index in [0.29, 0.717) is 0 Å². The van der Waals surface area contributed by atoms with Gasteiger partial charge in [-0.2, -0.15) is 48.6 Å². The van der Waals surface area contributed by atoms with Gasteiger partial charge in [-0.05, 0) is 0 Å². The minimum Gasteiger partial charge on any atom is -0.214 e. The molecule has 0 atom stereocenters. The summed E-state index contributed by atoms with van der Waals surface area (Å²) in [6.45, 7) is 0. The van der Waals surface area contributed by atoms with Gasteiger partial charge in [0.2, 0.25) is 0 Å². The van der Waals surface area contributed by atoms with E-state index in [4.69, 9.17) is 0 Å². The van der Waals surface area contributed by atoms with E-state index in [9.17, 15) is 0 Å². The van der Waals surface area contributed by atoms with Gasteiger partial charge < -0.3 is 0 Å². The molecule has 0 nitrogen and oxygen atoms in total. The Hall–Kier alpha value is -0.976. The van der Waals surface area contributed by atoms with Crippen molar-refractivity contribution in [3.63, 3.8) is 0 Å². The van der Waals surface area contributed by atoms with E-state index < -0.39 is 0 Å². The maximum absolute atomic E-state index is 2.94. The predicted molar refractivity (Wildman–Crippen MR) is 57.3 cm³/mol. The summed E-state index contributed by atoms with van der Waals surface area (Å²) in [6.07, 6.45) is 16.5. The van der Waals surface area contributed by atoms with Crippen molar-refractivity contribution in [3.8, 4) is 0 Å². The summed E-state index contributed by atoms with van der Waals surface area (Å²) in [6, 6.07) is 10.0. The third kappa shape index (κ3) is 7.66. The SMILES string of the molecule is [C-]1=CC=CC=CC=C1.[Ti+2].c1cc[cH-]c1. The van der Waals surface area contributed by atoms with Crippen LogP contribution in [0.4, 0.5) is 0 Å². The van der Waals surface area contributed by atoms with Crippen molar-refractivity contribution in [2.45, 2.75) is 0 Å². The van der Waals surface area contributed by atoms with E-state index in [1.54, 1.807) is 0 Å². The number of hydrogen-bond donors (Lipinski definition) is 0. The van der Waals surface area contributed by atoms with Crippen LogP contribution >= 0.6 is 0 Å². The van der Waals surface area contributed by atoms with Crippen LogP contribution in [-0.2, 0) is 21.7 Å². The van der Waals surface area contributed by atoms with Crippen molar-refractivity contribution in [2.24, 2.45) is 0 Å². The first-order valence-corrected chi connectivity index (χ1v) is 4.24. The average Bonchev–Trinajstić information content (AvgIpc) is 2.58. The summed E-state index contributed by atoms with van der Waals surface area (Å²) in [5, 5.41) is 0. The van der Waals surface area contributed by atoms with Gasteiger partial charge in [0.1, 0.15) is 0 Å². The molecule has 1 heteroatoms. The maximum atomic E-state index is 2.94. The Kier molecular flexibility index (Phi) is 9.40. The summed E-state index contributed by atoms with van der Waals surface area (Å²) in [5.41, 5.74) is 0.